The number of fused-ring (bicyclic) bond motifs is 1. The summed E-state index contributed by atoms with van der Waals surface area (Å²) < 4.78 is 11.3. The summed E-state index contributed by atoms with van der Waals surface area (Å²) in [7, 11) is 3.54. The lowest BCUT2D eigenvalue weighted by atomic mass is 10.1. The normalized spacial score (nSPS) is 11.7. The Morgan fingerprint density at radius 2 is 1.80 bits per heavy atom. The van der Waals surface area contributed by atoms with Crippen molar-refractivity contribution in [2.75, 3.05) is 25.8 Å². The highest BCUT2D eigenvalue weighted by molar-refractivity contribution is 8.15. The minimum Gasteiger partial charge on any atom is -0.487 e. The maximum Gasteiger partial charge on any atom is 0.338 e. The van der Waals surface area contributed by atoms with Gasteiger partial charge in [-0.25, -0.2) is 9.78 Å². The number of hydrogen-bond acceptors (Lipinski definition) is 7. The fraction of sp³-hybridized carbons (Fsp3) is 0.281. The van der Waals surface area contributed by atoms with Crippen molar-refractivity contribution < 1.29 is 19.1 Å². The zero-order valence-corrected chi connectivity index (χ0v) is 25.7. The van der Waals surface area contributed by atoms with E-state index in [0.717, 1.165) is 38.6 Å². The second-order valence-corrected chi connectivity index (χ2v) is 12.5. The number of carbonyl (C=O) groups is 2. The molecule has 0 saturated heterocycles. The number of rotatable bonds is 13. The molecule has 1 aromatic heterocycles. The summed E-state index contributed by atoms with van der Waals surface area (Å²) in [6, 6.07) is 25.0. The topological polar surface area (TPSA) is 68.7 Å². The number of esters is 1. The highest BCUT2D eigenvalue weighted by Gasteiger charge is 2.19. The minimum atomic E-state index is -0.301. The van der Waals surface area contributed by atoms with Crippen LogP contribution >= 0.6 is 35.1 Å². The maximum absolute atomic E-state index is 12.7. The number of thioether (sulfide) groups is 2. The molecule has 41 heavy (non-hydrogen) atoms. The summed E-state index contributed by atoms with van der Waals surface area (Å²) in [5, 5.41) is 2.36. The summed E-state index contributed by atoms with van der Waals surface area (Å²) in [5.74, 6) is 1.15. The van der Waals surface area contributed by atoms with Crippen LogP contribution in [0.15, 0.2) is 78.9 Å². The lowest BCUT2D eigenvalue weighted by Gasteiger charge is -2.20. The van der Waals surface area contributed by atoms with Crippen LogP contribution in [-0.4, -0.2) is 47.5 Å². The van der Waals surface area contributed by atoms with Gasteiger partial charge in [0.25, 0.3) is 0 Å². The van der Waals surface area contributed by atoms with Crippen LogP contribution in [-0.2, 0) is 21.9 Å². The molecule has 6 nitrogen and oxygen atoms in total. The number of hydrogen-bond donors (Lipinski definition) is 0. The van der Waals surface area contributed by atoms with Crippen molar-refractivity contribution in [2.45, 2.75) is 31.0 Å². The summed E-state index contributed by atoms with van der Waals surface area (Å²) >= 11 is 9.55. The smallest absolute Gasteiger partial charge is 0.338 e. The molecule has 4 rings (SSSR count). The Bertz CT molecular complexity index is 1500. The van der Waals surface area contributed by atoms with Gasteiger partial charge in [-0.1, -0.05) is 54.1 Å². The highest BCUT2D eigenvalue weighted by Crippen LogP contribution is 2.37. The Labute approximate surface area is 254 Å². The number of carbonyl (C=O) groups excluding carboxylic acids is 2. The van der Waals surface area contributed by atoms with E-state index in [1.807, 2.05) is 72.8 Å². The van der Waals surface area contributed by atoms with Gasteiger partial charge < -0.3 is 14.4 Å². The Balaban J connectivity index is 1.41. The number of pyridine rings is 1. The largest absolute Gasteiger partial charge is 0.487 e. The van der Waals surface area contributed by atoms with E-state index < -0.39 is 0 Å². The van der Waals surface area contributed by atoms with Gasteiger partial charge in [-0.15, -0.1) is 23.5 Å². The van der Waals surface area contributed by atoms with Crippen LogP contribution in [0.5, 0.6) is 5.75 Å². The number of ether oxygens (including phenoxy) is 2. The van der Waals surface area contributed by atoms with E-state index in [9.17, 15) is 9.59 Å². The van der Waals surface area contributed by atoms with E-state index in [0.29, 0.717) is 36.0 Å². The SMILES string of the molecule is CCOC(=O)c1ccccc1CSCSC(CC(=O)N(C)C)c1cccc(OCc2ccc3ccc(Cl)cc3n2)c1. The molecule has 0 aliphatic rings. The van der Waals surface area contributed by atoms with E-state index in [1.54, 1.807) is 55.5 Å². The van der Waals surface area contributed by atoms with Crippen LogP contribution in [0.3, 0.4) is 0 Å². The van der Waals surface area contributed by atoms with Crippen molar-refractivity contribution >= 4 is 57.9 Å². The van der Waals surface area contributed by atoms with Gasteiger partial charge in [-0.2, -0.15) is 0 Å². The summed E-state index contributed by atoms with van der Waals surface area (Å²) in [5.41, 5.74) is 4.19. The number of halogens is 1. The molecule has 0 spiro atoms. The molecule has 9 heteroatoms. The molecule has 0 N–H and O–H groups in total. The van der Waals surface area contributed by atoms with Crippen molar-refractivity contribution in [1.82, 2.24) is 9.88 Å². The van der Waals surface area contributed by atoms with Gasteiger partial charge in [0.2, 0.25) is 5.91 Å². The first-order valence-corrected chi connectivity index (χ1v) is 15.8. The van der Waals surface area contributed by atoms with E-state index in [4.69, 9.17) is 21.1 Å². The summed E-state index contributed by atoms with van der Waals surface area (Å²) in [6.07, 6.45) is 0.369. The third-order valence-electron chi connectivity index (χ3n) is 6.31. The van der Waals surface area contributed by atoms with Crippen molar-refractivity contribution in [3.05, 3.63) is 106 Å². The molecule has 1 atom stereocenters. The van der Waals surface area contributed by atoms with Crippen molar-refractivity contribution in [2.24, 2.45) is 0 Å². The van der Waals surface area contributed by atoms with Gasteiger partial charge in [0.15, 0.2) is 0 Å². The molecule has 1 heterocycles. The zero-order valence-electron chi connectivity index (χ0n) is 23.3. The molecular weight excluding hydrogens is 576 g/mol. The lowest BCUT2D eigenvalue weighted by molar-refractivity contribution is -0.128. The molecule has 0 bridgehead atoms. The van der Waals surface area contributed by atoms with Gasteiger partial charge in [0.05, 0.1) is 23.4 Å². The standard InChI is InChI=1S/C32H33ClN2O4S2/c1-4-38-32(37)28-11-6-5-8-24(28)20-40-21-41-30(18-31(36)35(2)3)23-9-7-10-27(16-23)39-19-26-15-13-22-12-14-25(33)17-29(22)34-26/h5-17,30H,4,18-21H2,1-3H3. The summed E-state index contributed by atoms with van der Waals surface area (Å²) in [6.45, 7) is 2.46. The lowest BCUT2D eigenvalue weighted by Crippen LogP contribution is -2.23. The van der Waals surface area contributed by atoms with Gasteiger partial charge in [0.1, 0.15) is 12.4 Å². The average molecular weight is 609 g/mol. The number of amides is 1. The third kappa shape index (κ3) is 8.89. The monoisotopic (exact) mass is 608 g/mol. The van der Waals surface area contributed by atoms with Crippen LogP contribution in [0, 0.1) is 0 Å². The zero-order chi connectivity index (χ0) is 29.2. The van der Waals surface area contributed by atoms with Crippen LogP contribution in [0.2, 0.25) is 5.02 Å². The molecule has 214 valence electrons. The maximum atomic E-state index is 12.7. The van der Waals surface area contributed by atoms with Crippen LogP contribution in [0.4, 0.5) is 0 Å². The van der Waals surface area contributed by atoms with Crippen LogP contribution in [0.1, 0.15) is 45.8 Å². The molecule has 0 fully saturated rings. The molecule has 1 unspecified atom stereocenters. The Morgan fingerprint density at radius 1 is 1.00 bits per heavy atom. The minimum absolute atomic E-state index is 0.0535. The van der Waals surface area contributed by atoms with Crippen molar-refractivity contribution in [3.8, 4) is 5.75 Å². The predicted molar refractivity (Wildman–Crippen MR) is 170 cm³/mol. The average Bonchev–Trinajstić information content (AvgIpc) is 2.97. The molecule has 3 aromatic carbocycles. The van der Waals surface area contributed by atoms with E-state index in [2.05, 4.69) is 4.98 Å². The van der Waals surface area contributed by atoms with Gasteiger partial charge in [-0.05, 0) is 54.4 Å². The molecule has 0 radical (unpaired) electrons. The molecule has 0 aliphatic carbocycles. The quantitative estimate of drug-likeness (QED) is 0.0871. The predicted octanol–water partition coefficient (Wildman–Crippen LogP) is 7.79. The van der Waals surface area contributed by atoms with E-state index in [1.165, 1.54) is 0 Å². The molecule has 4 aromatic rings. The van der Waals surface area contributed by atoms with Crippen molar-refractivity contribution in [1.29, 1.82) is 0 Å². The molecule has 1 amide bonds. The number of nitrogens with zero attached hydrogens (tertiary/aromatic N) is 2. The summed E-state index contributed by atoms with van der Waals surface area (Å²) in [4.78, 5) is 31.3. The van der Waals surface area contributed by atoms with Gasteiger partial charge in [-0.3, -0.25) is 4.79 Å². The van der Waals surface area contributed by atoms with E-state index >= 15 is 0 Å². The van der Waals surface area contributed by atoms with Crippen LogP contribution in [0.25, 0.3) is 10.9 Å². The second kappa shape index (κ2) is 15.1. The molecular formula is C32H33ClN2O4S2. The molecule has 0 aliphatic heterocycles. The fourth-order valence-corrected chi connectivity index (χ4v) is 6.74. The van der Waals surface area contributed by atoms with Gasteiger partial charge >= 0.3 is 5.97 Å². The van der Waals surface area contributed by atoms with Crippen molar-refractivity contribution in [3.63, 3.8) is 0 Å². The fourth-order valence-electron chi connectivity index (χ4n) is 4.13. The Kier molecular flexibility index (Phi) is 11.4. The van der Waals surface area contributed by atoms with Crippen LogP contribution < -0.4 is 4.74 Å². The molecule has 0 saturated carbocycles. The first-order valence-electron chi connectivity index (χ1n) is 13.3. The number of aromatic nitrogens is 1. The van der Waals surface area contributed by atoms with E-state index in [-0.39, 0.29) is 17.1 Å². The second-order valence-electron chi connectivity index (χ2n) is 9.49. The first-order chi connectivity index (χ1) is 19.8. The Hall–Kier alpha value is -3.20. The highest BCUT2D eigenvalue weighted by atomic mass is 35.5. The Morgan fingerprint density at radius 3 is 2.61 bits per heavy atom. The van der Waals surface area contributed by atoms with Gasteiger partial charge in [0, 0.05) is 47.0 Å². The third-order valence-corrected chi connectivity index (χ3v) is 9.11. The first kappa shape index (κ1) is 30.8. The number of benzene rings is 3.